The van der Waals surface area contributed by atoms with Gasteiger partial charge in [-0.25, -0.2) is 0 Å². The number of halogens is 2. The van der Waals surface area contributed by atoms with Crippen molar-refractivity contribution in [2.24, 2.45) is 5.41 Å². The highest BCUT2D eigenvalue weighted by molar-refractivity contribution is 5.74. The number of alkyl halides is 2. The summed E-state index contributed by atoms with van der Waals surface area (Å²) in [5, 5.41) is 9.26. The smallest absolute Gasteiger partial charge is 0.387 e. The predicted molar refractivity (Wildman–Crippen MR) is 78.2 cm³/mol. The third-order valence-corrected chi connectivity index (χ3v) is 4.36. The number of rotatable bonds is 5. The second-order valence-corrected chi connectivity index (χ2v) is 6.25. The number of carbonyl (C=O) groups is 1. The lowest BCUT2D eigenvalue weighted by Gasteiger charge is -2.22. The van der Waals surface area contributed by atoms with Gasteiger partial charge in [0.25, 0.3) is 0 Å². The molecule has 1 N–H and O–H groups in total. The molecule has 1 atom stereocenters. The Kier molecular flexibility index (Phi) is 4.70. The van der Waals surface area contributed by atoms with Gasteiger partial charge in [0.05, 0.1) is 5.41 Å². The van der Waals surface area contributed by atoms with E-state index >= 15 is 0 Å². The number of ether oxygens (including phenoxy) is 1. The third kappa shape index (κ3) is 3.55. The van der Waals surface area contributed by atoms with Gasteiger partial charge < -0.3 is 9.84 Å². The Labute approximate surface area is 128 Å². The average molecular weight is 313 g/mol. The predicted octanol–water partition coefficient (Wildman–Crippen LogP) is 3.20. The Balaban J connectivity index is 2.19. The van der Waals surface area contributed by atoms with Gasteiger partial charge in [-0.3, -0.25) is 9.69 Å². The first-order valence-corrected chi connectivity index (χ1v) is 7.22. The van der Waals surface area contributed by atoms with E-state index in [0.29, 0.717) is 31.6 Å². The van der Waals surface area contributed by atoms with Gasteiger partial charge in [-0.05, 0) is 50.9 Å². The zero-order chi connectivity index (χ0) is 16.5. The summed E-state index contributed by atoms with van der Waals surface area (Å²) in [6, 6.07) is 3.45. The molecule has 2 rings (SSSR count). The van der Waals surface area contributed by atoms with Crippen LogP contribution in [-0.2, 0) is 11.3 Å². The minimum absolute atomic E-state index is 0.169. The molecule has 0 radical (unpaired) electrons. The highest BCUT2D eigenvalue weighted by atomic mass is 19.3. The molecule has 1 aliphatic heterocycles. The molecule has 0 aromatic heterocycles. The first-order chi connectivity index (χ1) is 10.2. The maximum atomic E-state index is 12.6. The monoisotopic (exact) mass is 313 g/mol. The van der Waals surface area contributed by atoms with E-state index in [1.807, 2.05) is 24.8 Å². The minimum atomic E-state index is -2.87. The van der Waals surface area contributed by atoms with Gasteiger partial charge in [0, 0.05) is 18.7 Å². The Bertz CT molecular complexity index is 577. The summed E-state index contributed by atoms with van der Waals surface area (Å²) in [5.74, 6) is -0.652. The molecule has 1 unspecified atom stereocenters. The first kappa shape index (κ1) is 16.7. The fourth-order valence-corrected chi connectivity index (χ4v) is 2.79. The number of carboxylic acids is 1. The van der Waals surface area contributed by atoms with Crippen molar-refractivity contribution in [1.29, 1.82) is 0 Å². The molecule has 1 aromatic carbocycles. The molecule has 122 valence electrons. The van der Waals surface area contributed by atoms with Crippen LogP contribution in [0.2, 0.25) is 0 Å². The van der Waals surface area contributed by atoms with Crippen molar-refractivity contribution >= 4 is 5.97 Å². The summed E-state index contributed by atoms with van der Waals surface area (Å²) < 4.78 is 29.7. The normalized spacial score (nSPS) is 22.3. The van der Waals surface area contributed by atoms with Gasteiger partial charge >= 0.3 is 12.6 Å². The van der Waals surface area contributed by atoms with Crippen molar-refractivity contribution in [2.75, 3.05) is 13.1 Å². The number of hydrogen-bond donors (Lipinski definition) is 1. The van der Waals surface area contributed by atoms with E-state index in [-0.39, 0.29) is 5.75 Å². The van der Waals surface area contributed by atoms with Gasteiger partial charge in [-0.15, -0.1) is 0 Å². The van der Waals surface area contributed by atoms with Gasteiger partial charge in [0.1, 0.15) is 5.75 Å². The van der Waals surface area contributed by atoms with E-state index in [9.17, 15) is 18.7 Å². The van der Waals surface area contributed by atoms with E-state index in [0.717, 1.165) is 11.1 Å². The maximum Gasteiger partial charge on any atom is 0.387 e. The van der Waals surface area contributed by atoms with Gasteiger partial charge in [0.2, 0.25) is 0 Å². The molecule has 1 aromatic rings. The van der Waals surface area contributed by atoms with E-state index in [2.05, 4.69) is 4.74 Å². The largest absolute Gasteiger partial charge is 0.481 e. The van der Waals surface area contributed by atoms with Crippen LogP contribution in [0.1, 0.15) is 30.0 Å². The van der Waals surface area contributed by atoms with Crippen LogP contribution in [0.4, 0.5) is 8.78 Å². The summed E-state index contributed by atoms with van der Waals surface area (Å²) >= 11 is 0. The molecule has 1 heterocycles. The number of aryl methyl sites for hydroxylation is 2. The Morgan fingerprint density at radius 2 is 2.05 bits per heavy atom. The summed E-state index contributed by atoms with van der Waals surface area (Å²) in [7, 11) is 0. The highest BCUT2D eigenvalue weighted by Gasteiger charge is 2.40. The molecule has 0 aliphatic carbocycles. The molecule has 6 heteroatoms. The zero-order valence-electron chi connectivity index (χ0n) is 13.0. The molecular weight excluding hydrogens is 292 g/mol. The molecule has 0 spiro atoms. The van der Waals surface area contributed by atoms with Crippen LogP contribution in [0.5, 0.6) is 5.75 Å². The number of benzene rings is 1. The number of hydrogen-bond acceptors (Lipinski definition) is 3. The van der Waals surface area contributed by atoms with E-state index < -0.39 is 18.0 Å². The number of carboxylic acid groups (broad SMARTS) is 1. The SMILES string of the molecule is Cc1cc(CN2CCC(C)(C(=O)O)C2)c(OC(F)F)cc1C. The minimum Gasteiger partial charge on any atom is -0.481 e. The van der Waals surface area contributed by atoms with Crippen LogP contribution in [0, 0.1) is 19.3 Å². The average Bonchev–Trinajstić information content (AvgIpc) is 2.78. The van der Waals surface area contributed by atoms with Crippen molar-refractivity contribution in [1.82, 2.24) is 4.90 Å². The van der Waals surface area contributed by atoms with Gasteiger partial charge in [0.15, 0.2) is 0 Å². The number of likely N-dealkylation sites (tertiary alicyclic amines) is 1. The second-order valence-electron chi connectivity index (χ2n) is 6.25. The van der Waals surface area contributed by atoms with Gasteiger partial charge in [-0.1, -0.05) is 6.07 Å². The summed E-state index contributed by atoms with van der Waals surface area (Å²) in [5.41, 5.74) is 1.77. The Morgan fingerprint density at radius 1 is 1.41 bits per heavy atom. The summed E-state index contributed by atoms with van der Waals surface area (Å²) in [4.78, 5) is 13.3. The lowest BCUT2D eigenvalue weighted by atomic mass is 9.90. The number of aliphatic carboxylic acids is 1. The molecule has 4 nitrogen and oxygen atoms in total. The van der Waals surface area contributed by atoms with Crippen LogP contribution in [0.15, 0.2) is 12.1 Å². The molecule has 0 bridgehead atoms. The highest BCUT2D eigenvalue weighted by Crippen LogP contribution is 2.33. The van der Waals surface area contributed by atoms with Crippen LogP contribution < -0.4 is 4.74 Å². The van der Waals surface area contributed by atoms with E-state index in [4.69, 9.17) is 0 Å². The van der Waals surface area contributed by atoms with Gasteiger partial charge in [-0.2, -0.15) is 8.78 Å². The van der Waals surface area contributed by atoms with Crippen molar-refractivity contribution in [3.63, 3.8) is 0 Å². The molecule has 22 heavy (non-hydrogen) atoms. The summed E-state index contributed by atoms with van der Waals surface area (Å²) in [6.07, 6.45) is 0.554. The molecule has 0 saturated carbocycles. The van der Waals surface area contributed by atoms with Crippen molar-refractivity contribution in [2.45, 2.75) is 40.3 Å². The molecule has 1 fully saturated rings. The van der Waals surface area contributed by atoms with Crippen LogP contribution >= 0.6 is 0 Å². The first-order valence-electron chi connectivity index (χ1n) is 7.22. The van der Waals surface area contributed by atoms with Crippen molar-refractivity contribution in [3.05, 3.63) is 28.8 Å². The van der Waals surface area contributed by atoms with Crippen LogP contribution in [0.3, 0.4) is 0 Å². The lowest BCUT2D eigenvalue weighted by Crippen LogP contribution is -2.31. The Hall–Kier alpha value is -1.69. The Morgan fingerprint density at radius 3 is 2.59 bits per heavy atom. The summed E-state index contributed by atoms with van der Waals surface area (Å²) in [6.45, 7) is 4.04. The standard InChI is InChI=1S/C16H21F2NO3/c1-10-6-12(13(7-11(10)2)22-15(17)18)8-19-5-4-16(3,9-19)14(20)21/h6-7,15H,4-5,8-9H2,1-3H3,(H,20,21). The molecular formula is C16H21F2NO3. The van der Waals surface area contributed by atoms with Crippen molar-refractivity contribution in [3.8, 4) is 5.75 Å². The fraction of sp³-hybridized carbons (Fsp3) is 0.562. The molecule has 1 saturated heterocycles. The van der Waals surface area contributed by atoms with E-state index in [1.54, 1.807) is 13.0 Å². The molecule has 0 amide bonds. The van der Waals surface area contributed by atoms with Crippen LogP contribution in [-0.4, -0.2) is 35.7 Å². The van der Waals surface area contributed by atoms with Crippen LogP contribution in [0.25, 0.3) is 0 Å². The maximum absolute atomic E-state index is 12.6. The second kappa shape index (κ2) is 6.20. The van der Waals surface area contributed by atoms with Crippen molar-refractivity contribution < 1.29 is 23.4 Å². The molecule has 1 aliphatic rings. The third-order valence-electron chi connectivity index (χ3n) is 4.36. The topological polar surface area (TPSA) is 49.8 Å². The zero-order valence-corrected chi connectivity index (χ0v) is 13.0. The number of nitrogens with zero attached hydrogens (tertiary/aromatic N) is 1. The fourth-order valence-electron chi connectivity index (χ4n) is 2.79. The quantitative estimate of drug-likeness (QED) is 0.907. The van der Waals surface area contributed by atoms with E-state index in [1.165, 1.54) is 0 Å². The lowest BCUT2D eigenvalue weighted by molar-refractivity contribution is -0.147.